The summed E-state index contributed by atoms with van der Waals surface area (Å²) in [5, 5.41) is 19.0. The molecule has 1 N–H and O–H groups in total. The maximum Gasteiger partial charge on any atom is 0.264 e. The summed E-state index contributed by atoms with van der Waals surface area (Å²) in [6.45, 7) is 11.9. The van der Waals surface area contributed by atoms with Crippen molar-refractivity contribution in [3.63, 3.8) is 0 Å². The van der Waals surface area contributed by atoms with Gasteiger partial charge in [-0.3, -0.25) is 9.48 Å². The van der Waals surface area contributed by atoms with Crippen molar-refractivity contribution in [1.82, 2.24) is 15.0 Å². The molecule has 40 heavy (non-hydrogen) atoms. The van der Waals surface area contributed by atoms with E-state index in [0.29, 0.717) is 25.9 Å². The maximum absolute atomic E-state index is 14.4. The third-order valence-corrected chi connectivity index (χ3v) is 13.6. The fourth-order valence-electron chi connectivity index (χ4n) is 6.80. The predicted molar refractivity (Wildman–Crippen MR) is 162 cm³/mol. The number of halogens is 1. The van der Waals surface area contributed by atoms with E-state index in [9.17, 15) is 9.90 Å². The van der Waals surface area contributed by atoms with E-state index in [2.05, 4.69) is 65.0 Å². The monoisotopic (exact) mass is 624 g/mol. The molecule has 0 aliphatic carbocycles. The Bertz CT molecular complexity index is 1390. The van der Waals surface area contributed by atoms with Crippen LogP contribution >= 0.6 is 15.9 Å². The highest BCUT2D eigenvalue weighted by Crippen LogP contribution is 2.60. The topological polar surface area (TPSA) is 89.7 Å². The molecule has 4 atom stereocenters. The van der Waals surface area contributed by atoms with Crippen LogP contribution in [-0.2, 0) is 28.1 Å². The first kappa shape index (κ1) is 28.7. The van der Waals surface area contributed by atoms with Gasteiger partial charge in [-0.1, -0.05) is 64.6 Å². The smallest absolute Gasteiger partial charge is 0.264 e. The summed E-state index contributed by atoms with van der Waals surface area (Å²) in [6.07, 6.45) is 4.62. The third-order valence-electron chi connectivity index (χ3n) is 8.71. The van der Waals surface area contributed by atoms with Crippen molar-refractivity contribution in [2.75, 3.05) is 25.2 Å². The maximum atomic E-state index is 14.4. The minimum Gasteiger partial charge on any atom is -0.497 e. The van der Waals surface area contributed by atoms with Crippen molar-refractivity contribution in [2.45, 2.75) is 56.7 Å². The van der Waals surface area contributed by atoms with E-state index in [0.717, 1.165) is 27.2 Å². The summed E-state index contributed by atoms with van der Waals surface area (Å²) in [6, 6.07) is 14.4. The average molecular weight is 626 g/mol. The van der Waals surface area contributed by atoms with Gasteiger partial charge < -0.3 is 19.5 Å². The SMILES string of the molecule is C=CCN1C(=O)[C@@]2(O[C@@H](CCn3cc(CCO)nn3)[C@H]([Si](C)(C)c3ccc(OC)cc3)[C@H]2C)c2cc(Br)ccc21. The van der Waals surface area contributed by atoms with Gasteiger partial charge >= 0.3 is 0 Å². The molecule has 2 aliphatic heterocycles. The number of anilines is 1. The number of aromatic nitrogens is 3. The first-order valence-electron chi connectivity index (χ1n) is 13.7. The largest absolute Gasteiger partial charge is 0.497 e. The van der Waals surface area contributed by atoms with Crippen molar-refractivity contribution in [3.8, 4) is 5.75 Å². The number of benzene rings is 2. The first-order valence-corrected chi connectivity index (χ1v) is 17.6. The van der Waals surface area contributed by atoms with Gasteiger partial charge in [0.15, 0.2) is 5.60 Å². The van der Waals surface area contributed by atoms with Crippen molar-refractivity contribution >= 4 is 40.8 Å². The molecule has 1 aromatic heterocycles. The van der Waals surface area contributed by atoms with Crippen molar-refractivity contribution in [1.29, 1.82) is 0 Å². The van der Waals surface area contributed by atoms with Crippen LogP contribution in [0, 0.1) is 5.92 Å². The Kier molecular flexibility index (Phi) is 8.07. The van der Waals surface area contributed by atoms with Gasteiger partial charge in [-0.05, 0) is 42.3 Å². The van der Waals surface area contributed by atoms with Crippen LogP contribution in [0.2, 0.25) is 18.6 Å². The molecule has 1 amide bonds. The normalized spacial score (nSPS) is 24.1. The number of carbonyl (C=O) groups is 1. The molecule has 1 fully saturated rings. The average Bonchev–Trinajstić information content (AvgIpc) is 3.58. The number of hydrogen-bond acceptors (Lipinski definition) is 6. The number of ether oxygens (including phenoxy) is 2. The number of hydrogen-bond donors (Lipinski definition) is 1. The van der Waals surface area contributed by atoms with Crippen molar-refractivity contribution in [2.24, 2.45) is 5.92 Å². The molecule has 8 nitrogen and oxygen atoms in total. The second-order valence-electron chi connectivity index (χ2n) is 11.3. The third kappa shape index (κ3) is 4.74. The zero-order valence-corrected chi connectivity index (χ0v) is 26.1. The van der Waals surface area contributed by atoms with Gasteiger partial charge in [-0.2, -0.15) is 0 Å². The lowest BCUT2D eigenvalue weighted by Gasteiger charge is -2.37. The molecule has 2 aliphatic rings. The highest BCUT2D eigenvalue weighted by atomic mass is 79.9. The number of amides is 1. The minimum atomic E-state index is -2.21. The highest BCUT2D eigenvalue weighted by Gasteiger charge is 2.66. The lowest BCUT2D eigenvalue weighted by atomic mass is 9.82. The van der Waals surface area contributed by atoms with Crippen LogP contribution in [0.1, 0.15) is 24.6 Å². The van der Waals surface area contributed by atoms with E-state index < -0.39 is 13.7 Å². The van der Waals surface area contributed by atoms with Crippen LogP contribution in [0.5, 0.6) is 5.75 Å². The zero-order valence-electron chi connectivity index (χ0n) is 23.5. The molecule has 0 unspecified atom stereocenters. The summed E-state index contributed by atoms with van der Waals surface area (Å²) >= 11 is 3.65. The quantitative estimate of drug-likeness (QED) is 0.265. The lowest BCUT2D eigenvalue weighted by molar-refractivity contribution is -0.145. The fraction of sp³-hybridized carbons (Fsp3) is 0.433. The first-order chi connectivity index (χ1) is 19.2. The number of rotatable bonds is 10. The second-order valence-corrected chi connectivity index (χ2v) is 16.9. The van der Waals surface area contributed by atoms with Crippen LogP contribution in [0.25, 0.3) is 0 Å². The Morgan fingerprint density at radius 3 is 2.67 bits per heavy atom. The van der Waals surface area contributed by atoms with Gasteiger partial charge in [-0.25, -0.2) is 0 Å². The van der Waals surface area contributed by atoms with E-state index in [1.165, 1.54) is 5.19 Å². The molecular weight excluding hydrogens is 588 g/mol. The van der Waals surface area contributed by atoms with Gasteiger partial charge in [-0.15, -0.1) is 11.7 Å². The number of aryl methyl sites for hydroxylation is 1. The van der Waals surface area contributed by atoms with Gasteiger partial charge in [0, 0.05) is 48.3 Å². The second kappa shape index (κ2) is 11.2. The van der Waals surface area contributed by atoms with Crippen LogP contribution in [-0.4, -0.2) is 60.4 Å². The van der Waals surface area contributed by atoms with Gasteiger partial charge in [0.1, 0.15) is 5.75 Å². The number of methoxy groups -OCH3 is 1. The molecule has 2 aromatic carbocycles. The van der Waals surface area contributed by atoms with E-state index in [1.54, 1.807) is 13.2 Å². The summed E-state index contributed by atoms with van der Waals surface area (Å²) < 4.78 is 15.3. The van der Waals surface area contributed by atoms with Gasteiger partial charge in [0.2, 0.25) is 0 Å². The summed E-state index contributed by atoms with van der Waals surface area (Å²) in [7, 11) is -0.537. The van der Waals surface area contributed by atoms with Crippen molar-refractivity contribution < 1.29 is 19.4 Å². The molecule has 0 bridgehead atoms. The van der Waals surface area contributed by atoms with Gasteiger partial charge in [0.25, 0.3) is 5.91 Å². The van der Waals surface area contributed by atoms with Crippen molar-refractivity contribution in [3.05, 3.63) is 77.0 Å². The van der Waals surface area contributed by atoms with E-state index in [4.69, 9.17) is 9.47 Å². The molecule has 5 rings (SSSR count). The molecule has 1 spiro atoms. The van der Waals surface area contributed by atoms with Crippen LogP contribution in [0.4, 0.5) is 5.69 Å². The number of aliphatic hydroxyl groups excluding tert-OH is 1. The summed E-state index contributed by atoms with van der Waals surface area (Å²) in [5.41, 5.74) is 1.61. The van der Waals surface area contributed by atoms with Crippen LogP contribution < -0.4 is 14.8 Å². The molecule has 0 saturated carbocycles. The molecular formula is C30H37BrN4O4Si. The Morgan fingerprint density at radius 1 is 1.25 bits per heavy atom. The highest BCUT2D eigenvalue weighted by molar-refractivity contribution is 9.10. The Morgan fingerprint density at radius 2 is 2.00 bits per heavy atom. The molecule has 10 heteroatoms. The number of carbonyl (C=O) groups excluding carboxylic acids is 1. The Hall–Kier alpha value is -2.79. The molecule has 0 radical (unpaired) electrons. The fourth-order valence-corrected chi connectivity index (χ4v) is 11.2. The number of nitrogens with zero attached hydrogens (tertiary/aromatic N) is 4. The zero-order chi connectivity index (χ0) is 28.7. The van der Waals surface area contributed by atoms with Crippen LogP contribution in [0.3, 0.4) is 0 Å². The Labute approximate surface area is 245 Å². The molecule has 3 heterocycles. The van der Waals surface area contributed by atoms with E-state index >= 15 is 0 Å². The Balaban J connectivity index is 1.57. The molecule has 3 aromatic rings. The molecule has 1 saturated heterocycles. The standard InChI is InChI=1S/C30H37BrN4O4Si/c1-6-15-35-26-12-7-21(31)18-25(26)30(29(35)37)20(2)28(40(4,5)24-10-8-23(38-3)9-11-24)27(39-30)13-16-34-19-22(14-17-36)32-33-34/h6-12,18-20,27-28,36H,1,13-17H2,2-5H3/t20-,27+,28-,30+/m1/s1. The van der Waals surface area contributed by atoms with E-state index in [-0.39, 0.29) is 30.1 Å². The number of aliphatic hydroxyl groups is 1. The molecule has 212 valence electrons. The lowest BCUT2D eigenvalue weighted by Crippen LogP contribution is -2.51. The summed E-state index contributed by atoms with van der Waals surface area (Å²) in [5.74, 6) is 0.732. The van der Waals surface area contributed by atoms with Gasteiger partial charge in [0.05, 0.1) is 32.7 Å². The number of fused-ring (bicyclic) bond motifs is 2. The minimum absolute atomic E-state index is 0.0222. The van der Waals surface area contributed by atoms with E-state index in [1.807, 2.05) is 46.1 Å². The summed E-state index contributed by atoms with van der Waals surface area (Å²) in [4.78, 5) is 16.2. The van der Waals surface area contributed by atoms with Crippen LogP contribution in [0.15, 0.2) is 65.8 Å². The predicted octanol–water partition coefficient (Wildman–Crippen LogP) is 4.42.